The van der Waals surface area contributed by atoms with Crippen molar-refractivity contribution in [3.05, 3.63) is 88.2 Å². The molecule has 1 atom stereocenters. The lowest BCUT2D eigenvalue weighted by molar-refractivity contribution is 0.0597. The van der Waals surface area contributed by atoms with Crippen LogP contribution in [0.2, 0.25) is 0 Å². The Kier molecular flexibility index (Phi) is 7.26. The summed E-state index contributed by atoms with van der Waals surface area (Å²) >= 11 is 0. The highest BCUT2D eigenvalue weighted by molar-refractivity contribution is 5.94. The number of aromatic nitrogens is 2. The number of fused-ring (bicyclic) bond motifs is 1. The monoisotopic (exact) mass is 426 g/mol. The molecule has 3 N–H and O–H groups in total. The number of hydrogen-bond donors (Lipinski definition) is 3. The number of benzene rings is 2. The van der Waals surface area contributed by atoms with Crippen LogP contribution in [0, 0.1) is 6.92 Å². The smallest absolute Gasteiger partial charge is 0.275 e. The first-order chi connectivity index (χ1) is 14.1. The third-order valence-electron chi connectivity index (χ3n) is 5.33. The number of aliphatic hydroxyl groups excluding tert-OH is 1. The van der Waals surface area contributed by atoms with Crippen molar-refractivity contribution in [2.75, 3.05) is 13.1 Å². The number of aryl methyl sites for hydroxylation is 1. The van der Waals surface area contributed by atoms with Gasteiger partial charge >= 0.3 is 0 Å². The van der Waals surface area contributed by atoms with Crippen molar-refractivity contribution in [2.24, 2.45) is 0 Å². The van der Waals surface area contributed by atoms with Crippen LogP contribution in [-0.2, 0) is 19.5 Å². The summed E-state index contributed by atoms with van der Waals surface area (Å²) in [7, 11) is 0. The van der Waals surface area contributed by atoms with Crippen LogP contribution in [0.3, 0.4) is 0 Å². The normalized spacial score (nSPS) is 13.8. The van der Waals surface area contributed by atoms with E-state index in [0.717, 1.165) is 40.9 Å². The Bertz CT molecular complexity index is 990. The number of hydrogen-bond acceptors (Lipinski definition) is 4. The van der Waals surface area contributed by atoms with Gasteiger partial charge in [0.05, 0.1) is 12.6 Å². The second-order valence-electron chi connectivity index (χ2n) is 7.56. The molecule has 2 heterocycles. The number of amides is 1. The minimum Gasteiger partial charge on any atom is -0.387 e. The second kappa shape index (κ2) is 9.89. The number of rotatable bonds is 6. The molecule has 7 heteroatoms. The van der Waals surface area contributed by atoms with Crippen molar-refractivity contribution in [2.45, 2.75) is 32.5 Å². The molecule has 0 saturated carbocycles. The molecular formula is C23H27ClN4O2. The Morgan fingerprint density at radius 1 is 1.20 bits per heavy atom. The highest BCUT2D eigenvalue weighted by Gasteiger charge is 2.27. The van der Waals surface area contributed by atoms with Crippen molar-refractivity contribution < 1.29 is 9.90 Å². The maximum absolute atomic E-state index is 13.4. The minimum atomic E-state index is -0.768. The first-order valence-corrected chi connectivity index (χ1v) is 9.96. The van der Waals surface area contributed by atoms with Gasteiger partial charge in [-0.15, -0.1) is 12.4 Å². The lowest BCUT2D eigenvalue weighted by Gasteiger charge is -2.26. The van der Waals surface area contributed by atoms with Crippen LogP contribution in [0.4, 0.5) is 0 Å². The summed E-state index contributed by atoms with van der Waals surface area (Å²) in [6.07, 6.45) is 0.0655. The molecule has 1 unspecified atom stereocenters. The van der Waals surface area contributed by atoms with E-state index in [1.807, 2.05) is 61.5 Å². The Hall–Kier alpha value is -2.67. The lowest BCUT2D eigenvalue weighted by atomic mass is 10.0. The fourth-order valence-corrected chi connectivity index (χ4v) is 3.77. The van der Waals surface area contributed by atoms with Gasteiger partial charge in [0.1, 0.15) is 0 Å². The van der Waals surface area contributed by atoms with Gasteiger partial charge in [-0.05, 0) is 18.1 Å². The number of carbonyl (C=O) groups excluding carboxylic acids is 1. The van der Waals surface area contributed by atoms with Crippen molar-refractivity contribution in [1.82, 2.24) is 20.4 Å². The Balaban J connectivity index is 0.00000256. The number of aromatic amines is 1. The molecule has 4 rings (SSSR count). The molecule has 0 fully saturated rings. The molecule has 0 spiro atoms. The average Bonchev–Trinajstić information content (AvgIpc) is 3.17. The number of nitrogens with zero attached hydrogens (tertiary/aromatic N) is 2. The van der Waals surface area contributed by atoms with Gasteiger partial charge in [-0.1, -0.05) is 60.2 Å². The fraction of sp³-hybridized carbons (Fsp3) is 0.304. The van der Waals surface area contributed by atoms with Gasteiger partial charge in [0, 0.05) is 37.3 Å². The minimum absolute atomic E-state index is 0. The van der Waals surface area contributed by atoms with Crippen molar-refractivity contribution in [3.8, 4) is 0 Å². The number of nitrogens with one attached hydrogen (secondary N) is 2. The first kappa shape index (κ1) is 22.0. The van der Waals surface area contributed by atoms with Gasteiger partial charge in [0.2, 0.25) is 0 Å². The Labute approximate surface area is 182 Å². The van der Waals surface area contributed by atoms with Crippen molar-refractivity contribution in [3.63, 3.8) is 0 Å². The van der Waals surface area contributed by atoms with Gasteiger partial charge in [-0.3, -0.25) is 9.89 Å². The Morgan fingerprint density at radius 2 is 2.00 bits per heavy atom. The summed E-state index contributed by atoms with van der Waals surface area (Å²) in [6.45, 7) is 4.12. The molecule has 1 amide bonds. The van der Waals surface area contributed by atoms with Gasteiger partial charge in [0.15, 0.2) is 5.69 Å². The standard InChI is InChI=1S/C23H26N4O2.ClH/c1-16-6-5-9-18(12-16)21(28)15-27(14-17-7-3-2-4-8-17)23(29)22-19-13-24-11-10-20(19)25-26-22;/h2-9,12,21,24,28H,10-11,13-15H2,1H3,(H,25,26);1H. The van der Waals surface area contributed by atoms with E-state index >= 15 is 0 Å². The fourth-order valence-electron chi connectivity index (χ4n) is 3.77. The zero-order chi connectivity index (χ0) is 20.2. The van der Waals surface area contributed by atoms with Crippen LogP contribution in [0.15, 0.2) is 54.6 Å². The van der Waals surface area contributed by atoms with Crippen molar-refractivity contribution >= 4 is 18.3 Å². The van der Waals surface area contributed by atoms with E-state index in [9.17, 15) is 9.90 Å². The van der Waals surface area contributed by atoms with E-state index in [0.29, 0.717) is 18.8 Å². The number of carbonyl (C=O) groups is 1. The predicted molar refractivity (Wildman–Crippen MR) is 119 cm³/mol. The third-order valence-corrected chi connectivity index (χ3v) is 5.33. The SMILES string of the molecule is Cc1cccc(C(O)CN(Cc2ccccc2)C(=O)c2n[nH]c3c2CNCC3)c1.Cl. The van der Waals surface area contributed by atoms with E-state index in [2.05, 4.69) is 15.5 Å². The van der Waals surface area contributed by atoms with Gasteiger partial charge < -0.3 is 15.3 Å². The van der Waals surface area contributed by atoms with Crippen molar-refractivity contribution in [1.29, 1.82) is 0 Å². The molecule has 30 heavy (non-hydrogen) atoms. The lowest BCUT2D eigenvalue weighted by Crippen LogP contribution is -2.36. The summed E-state index contributed by atoms with van der Waals surface area (Å²) in [6, 6.07) is 17.6. The molecule has 2 aromatic carbocycles. The maximum Gasteiger partial charge on any atom is 0.275 e. The quantitative estimate of drug-likeness (QED) is 0.565. The van der Waals surface area contributed by atoms with Crippen LogP contribution in [0.1, 0.15) is 44.5 Å². The highest BCUT2D eigenvalue weighted by atomic mass is 35.5. The summed E-state index contributed by atoms with van der Waals surface area (Å²) in [4.78, 5) is 15.1. The summed E-state index contributed by atoms with van der Waals surface area (Å²) in [5.41, 5.74) is 5.30. The molecule has 158 valence electrons. The second-order valence-corrected chi connectivity index (χ2v) is 7.56. The van der Waals surface area contributed by atoms with Crippen LogP contribution < -0.4 is 5.32 Å². The summed E-state index contributed by atoms with van der Waals surface area (Å²) < 4.78 is 0. The van der Waals surface area contributed by atoms with Crippen LogP contribution in [-0.4, -0.2) is 39.2 Å². The van der Waals surface area contributed by atoms with Crippen LogP contribution in [0.25, 0.3) is 0 Å². The predicted octanol–water partition coefficient (Wildman–Crippen LogP) is 3.16. The third kappa shape index (κ3) is 4.90. The Morgan fingerprint density at radius 3 is 2.77 bits per heavy atom. The van der Waals surface area contributed by atoms with E-state index in [4.69, 9.17) is 0 Å². The number of H-pyrrole nitrogens is 1. The summed E-state index contributed by atoms with van der Waals surface area (Å²) in [5.74, 6) is -0.165. The van der Waals surface area contributed by atoms with E-state index in [1.54, 1.807) is 4.90 Å². The molecule has 0 bridgehead atoms. The molecule has 1 aliphatic heterocycles. The van der Waals surface area contributed by atoms with E-state index in [-0.39, 0.29) is 24.9 Å². The molecule has 3 aromatic rings. The number of aliphatic hydroxyl groups is 1. The molecule has 1 aliphatic rings. The maximum atomic E-state index is 13.4. The highest BCUT2D eigenvalue weighted by Crippen LogP contribution is 2.22. The van der Waals surface area contributed by atoms with E-state index < -0.39 is 6.10 Å². The molecule has 1 aromatic heterocycles. The zero-order valence-corrected chi connectivity index (χ0v) is 17.8. The van der Waals surface area contributed by atoms with Crippen LogP contribution in [0.5, 0.6) is 0 Å². The van der Waals surface area contributed by atoms with E-state index in [1.165, 1.54) is 0 Å². The van der Waals surface area contributed by atoms with Gasteiger partial charge in [0.25, 0.3) is 5.91 Å². The topological polar surface area (TPSA) is 81.2 Å². The zero-order valence-electron chi connectivity index (χ0n) is 17.0. The first-order valence-electron chi connectivity index (χ1n) is 9.96. The summed E-state index contributed by atoms with van der Waals surface area (Å²) in [5, 5.41) is 21.5. The molecular weight excluding hydrogens is 400 g/mol. The van der Waals surface area contributed by atoms with Crippen LogP contribution >= 0.6 is 12.4 Å². The largest absolute Gasteiger partial charge is 0.387 e. The molecule has 0 radical (unpaired) electrons. The molecule has 6 nitrogen and oxygen atoms in total. The van der Waals surface area contributed by atoms with Gasteiger partial charge in [-0.25, -0.2) is 0 Å². The van der Waals surface area contributed by atoms with Gasteiger partial charge in [-0.2, -0.15) is 5.10 Å². The molecule has 0 saturated heterocycles. The average molecular weight is 427 g/mol. The number of halogens is 1. The molecule has 0 aliphatic carbocycles.